The number of hydrogen-bond donors (Lipinski definition) is 1. The Hall–Kier alpha value is -2.70. The number of hydrogen-bond acceptors (Lipinski definition) is 5. The SMILES string of the molecule is O=C(O)[C@@H]1CC(=O)N(c2cccc(-c3nc(C4CC4)no3)c2)C1. The molecule has 1 aliphatic heterocycles. The van der Waals surface area contributed by atoms with Crippen LogP contribution in [0.4, 0.5) is 5.69 Å². The van der Waals surface area contributed by atoms with Crippen molar-refractivity contribution in [2.75, 3.05) is 11.4 Å². The van der Waals surface area contributed by atoms with Gasteiger partial charge in [0.05, 0.1) is 5.92 Å². The predicted octanol–water partition coefficient (Wildman–Crippen LogP) is 2.05. The van der Waals surface area contributed by atoms with Crippen molar-refractivity contribution in [3.8, 4) is 11.5 Å². The zero-order valence-corrected chi connectivity index (χ0v) is 12.3. The van der Waals surface area contributed by atoms with Crippen molar-refractivity contribution >= 4 is 17.6 Å². The van der Waals surface area contributed by atoms with Gasteiger partial charge in [0, 0.05) is 30.1 Å². The Bertz CT molecular complexity index is 781. The van der Waals surface area contributed by atoms with Gasteiger partial charge in [0.25, 0.3) is 5.89 Å². The maximum absolute atomic E-state index is 12.1. The van der Waals surface area contributed by atoms with Crippen LogP contribution in [-0.2, 0) is 9.59 Å². The molecule has 1 aliphatic carbocycles. The normalized spacial score (nSPS) is 21.0. The largest absolute Gasteiger partial charge is 0.481 e. The molecule has 2 aromatic rings. The van der Waals surface area contributed by atoms with Gasteiger partial charge in [0.2, 0.25) is 5.91 Å². The maximum Gasteiger partial charge on any atom is 0.308 e. The average Bonchev–Trinajstić information content (AvgIpc) is 3.14. The molecule has 1 aromatic carbocycles. The van der Waals surface area contributed by atoms with Crippen molar-refractivity contribution in [1.82, 2.24) is 10.1 Å². The molecular formula is C16H15N3O4. The van der Waals surface area contributed by atoms with Gasteiger partial charge in [-0.15, -0.1) is 0 Å². The molecule has 7 nitrogen and oxygen atoms in total. The summed E-state index contributed by atoms with van der Waals surface area (Å²) in [5.74, 6) is -0.214. The van der Waals surface area contributed by atoms with Crippen molar-refractivity contribution in [1.29, 1.82) is 0 Å². The van der Waals surface area contributed by atoms with Crippen LogP contribution in [0.1, 0.15) is 31.0 Å². The highest BCUT2D eigenvalue weighted by Crippen LogP contribution is 2.39. The number of aliphatic carboxylic acids is 1. The number of carboxylic acid groups (broad SMARTS) is 1. The first-order valence-electron chi connectivity index (χ1n) is 7.59. The third kappa shape index (κ3) is 2.58. The van der Waals surface area contributed by atoms with Crippen molar-refractivity contribution in [2.24, 2.45) is 5.92 Å². The molecule has 118 valence electrons. The van der Waals surface area contributed by atoms with Crippen molar-refractivity contribution in [2.45, 2.75) is 25.2 Å². The minimum absolute atomic E-state index is 0.0337. The van der Waals surface area contributed by atoms with E-state index >= 15 is 0 Å². The highest BCUT2D eigenvalue weighted by atomic mass is 16.5. The van der Waals surface area contributed by atoms with Crippen LogP contribution < -0.4 is 4.90 Å². The lowest BCUT2D eigenvalue weighted by Gasteiger charge is -2.16. The number of benzene rings is 1. The van der Waals surface area contributed by atoms with E-state index in [1.54, 1.807) is 18.2 Å². The fraction of sp³-hybridized carbons (Fsp3) is 0.375. The minimum atomic E-state index is -0.942. The number of amides is 1. The van der Waals surface area contributed by atoms with Gasteiger partial charge in [-0.25, -0.2) is 0 Å². The van der Waals surface area contributed by atoms with Crippen LogP contribution in [0.5, 0.6) is 0 Å². The van der Waals surface area contributed by atoms with E-state index in [0.717, 1.165) is 24.2 Å². The van der Waals surface area contributed by atoms with Gasteiger partial charge in [0.1, 0.15) is 0 Å². The monoisotopic (exact) mass is 313 g/mol. The lowest BCUT2D eigenvalue weighted by Crippen LogP contribution is -2.25. The lowest BCUT2D eigenvalue weighted by molar-refractivity contribution is -0.141. The van der Waals surface area contributed by atoms with E-state index in [-0.39, 0.29) is 18.9 Å². The number of aromatic nitrogens is 2. The van der Waals surface area contributed by atoms with Crippen LogP contribution in [0, 0.1) is 5.92 Å². The Labute approximate surface area is 131 Å². The molecule has 2 fully saturated rings. The van der Waals surface area contributed by atoms with Crippen LogP contribution in [-0.4, -0.2) is 33.7 Å². The first-order chi connectivity index (χ1) is 11.1. The third-order valence-electron chi connectivity index (χ3n) is 4.26. The summed E-state index contributed by atoms with van der Waals surface area (Å²) in [6, 6.07) is 7.20. The molecule has 1 saturated carbocycles. The number of anilines is 1. The molecule has 4 rings (SSSR count). The van der Waals surface area contributed by atoms with Gasteiger partial charge in [-0.1, -0.05) is 11.2 Å². The Kier molecular flexibility index (Phi) is 3.14. The fourth-order valence-electron chi connectivity index (χ4n) is 2.79. The fourth-order valence-corrected chi connectivity index (χ4v) is 2.79. The number of rotatable bonds is 4. The van der Waals surface area contributed by atoms with Crippen molar-refractivity contribution in [3.63, 3.8) is 0 Å². The molecule has 7 heteroatoms. The Morgan fingerprint density at radius 2 is 2.17 bits per heavy atom. The highest BCUT2D eigenvalue weighted by molar-refractivity contribution is 5.99. The summed E-state index contributed by atoms with van der Waals surface area (Å²) in [4.78, 5) is 29.0. The van der Waals surface area contributed by atoms with Gasteiger partial charge >= 0.3 is 5.97 Å². The second kappa shape index (κ2) is 5.19. The van der Waals surface area contributed by atoms with E-state index in [1.165, 1.54) is 4.90 Å². The number of nitrogens with zero attached hydrogens (tertiary/aromatic N) is 3. The minimum Gasteiger partial charge on any atom is -0.481 e. The van der Waals surface area contributed by atoms with Gasteiger partial charge in [-0.2, -0.15) is 4.98 Å². The zero-order chi connectivity index (χ0) is 16.0. The second-order valence-electron chi connectivity index (χ2n) is 6.03. The lowest BCUT2D eigenvalue weighted by atomic mass is 10.1. The molecule has 0 unspecified atom stereocenters. The summed E-state index contributed by atoms with van der Waals surface area (Å²) in [5, 5.41) is 13.1. The number of carbonyl (C=O) groups excluding carboxylic acids is 1. The summed E-state index contributed by atoms with van der Waals surface area (Å²) in [5.41, 5.74) is 1.39. The summed E-state index contributed by atoms with van der Waals surface area (Å²) < 4.78 is 5.30. The van der Waals surface area contributed by atoms with Crippen molar-refractivity contribution < 1.29 is 19.2 Å². The van der Waals surface area contributed by atoms with Crippen LogP contribution in [0.15, 0.2) is 28.8 Å². The van der Waals surface area contributed by atoms with E-state index < -0.39 is 11.9 Å². The maximum atomic E-state index is 12.1. The molecule has 1 atom stereocenters. The summed E-state index contributed by atoms with van der Waals surface area (Å²) in [6.07, 6.45) is 2.22. The molecule has 0 radical (unpaired) electrons. The van der Waals surface area contributed by atoms with E-state index in [2.05, 4.69) is 10.1 Å². The van der Waals surface area contributed by atoms with Crippen LogP contribution in [0.25, 0.3) is 11.5 Å². The molecule has 1 aromatic heterocycles. The van der Waals surface area contributed by atoms with Crippen LogP contribution >= 0.6 is 0 Å². The summed E-state index contributed by atoms with van der Waals surface area (Å²) in [7, 11) is 0. The Morgan fingerprint density at radius 1 is 1.35 bits per heavy atom. The zero-order valence-electron chi connectivity index (χ0n) is 12.3. The summed E-state index contributed by atoms with van der Waals surface area (Å²) >= 11 is 0. The average molecular weight is 313 g/mol. The summed E-state index contributed by atoms with van der Waals surface area (Å²) in [6.45, 7) is 0.189. The molecular weight excluding hydrogens is 298 g/mol. The molecule has 2 aliphatic rings. The molecule has 23 heavy (non-hydrogen) atoms. The third-order valence-corrected chi connectivity index (χ3v) is 4.26. The van der Waals surface area contributed by atoms with E-state index in [0.29, 0.717) is 17.5 Å². The second-order valence-corrected chi connectivity index (χ2v) is 6.03. The molecule has 1 amide bonds. The molecule has 2 heterocycles. The van der Waals surface area contributed by atoms with Crippen LogP contribution in [0.3, 0.4) is 0 Å². The van der Waals surface area contributed by atoms with Crippen molar-refractivity contribution in [3.05, 3.63) is 30.1 Å². The molecule has 1 saturated heterocycles. The Balaban J connectivity index is 1.60. The standard InChI is InChI=1S/C16H15N3O4/c20-13-7-11(16(21)22)8-19(13)12-3-1-2-10(6-12)15-17-14(18-23-15)9-4-5-9/h1-3,6,9,11H,4-5,7-8H2,(H,21,22)/t11-/m1/s1. The smallest absolute Gasteiger partial charge is 0.308 e. The first kappa shape index (κ1) is 13.9. The van der Waals surface area contributed by atoms with Gasteiger partial charge in [0.15, 0.2) is 5.82 Å². The number of carboxylic acids is 1. The van der Waals surface area contributed by atoms with Gasteiger partial charge in [-0.3, -0.25) is 9.59 Å². The molecule has 0 spiro atoms. The van der Waals surface area contributed by atoms with Crippen LogP contribution in [0.2, 0.25) is 0 Å². The quantitative estimate of drug-likeness (QED) is 0.928. The van der Waals surface area contributed by atoms with E-state index in [9.17, 15) is 9.59 Å². The molecule has 0 bridgehead atoms. The number of carbonyl (C=O) groups is 2. The first-order valence-corrected chi connectivity index (χ1v) is 7.59. The van der Waals surface area contributed by atoms with E-state index in [4.69, 9.17) is 9.63 Å². The predicted molar refractivity (Wildman–Crippen MR) is 79.8 cm³/mol. The van der Waals surface area contributed by atoms with E-state index in [1.807, 2.05) is 6.07 Å². The van der Waals surface area contributed by atoms with Gasteiger partial charge in [-0.05, 0) is 31.0 Å². The van der Waals surface area contributed by atoms with Gasteiger partial charge < -0.3 is 14.5 Å². The molecule has 1 N–H and O–H groups in total. The highest BCUT2D eigenvalue weighted by Gasteiger charge is 2.35. The Morgan fingerprint density at radius 3 is 2.87 bits per heavy atom. The topological polar surface area (TPSA) is 96.5 Å².